The van der Waals surface area contributed by atoms with Gasteiger partial charge in [0.1, 0.15) is 0 Å². The minimum absolute atomic E-state index is 0.655. The zero-order chi connectivity index (χ0) is 9.56. The van der Waals surface area contributed by atoms with Gasteiger partial charge in [-0.25, -0.2) is 0 Å². The topological polar surface area (TPSA) is 27.1 Å². The van der Waals surface area contributed by atoms with Gasteiger partial charge in [-0.1, -0.05) is 20.8 Å². The van der Waals surface area contributed by atoms with Crippen molar-refractivity contribution in [3.63, 3.8) is 0 Å². The third kappa shape index (κ3) is 4.37. The smallest absolute Gasteiger partial charge is 0.0957 e. The summed E-state index contributed by atoms with van der Waals surface area (Å²) in [7, 11) is 0. The summed E-state index contributed by atoms with van der Waals surface area (Å²) in [6.45, 7) is 10.6. The van der Waals surface area contributed by atoms with E-state index in [9.17, 15) is 0 Å². The van der Waals surface area contributed by atoms with Crippen molar-refractivity contribution in [2.45, 2.75) is 40.5 Å². The third-order valence-electron chi connectivity index (χ3n) is 1.84. The Morgan fingerprint density at radius 2 is 1.92 bits per heavy atom. The second-order valence-corrected chi connectivity index (χ2v) is 3.63. The summed E-state index contributed by atoms with van der Waals surface area (Å²) in [5, 5.41) is 7.77. The quantitative estimate of drug-likeness (QED) is 0.498. The molecule has 0 aromatic rings. The van der Waals surface area contributed by atoms with Crippen LogP contribution in [0.1, 0.15) is 40.5 Å². The van der Waals surface area contributed by atoms with Crippen molar-refractivity contribution in [3.8, 4) is 0 Å². The van der Waals surface area contributed by atoms with Crippen LogP contribution in [0, 0.1) is 11.3 Å². The highest BCUT2D eigenvalue weighted by molar-refractivity contribution is 5.78. The van der Waals surface area contributed by atoms with Crippen LogP contribution in [0.5, 0.6) is 0 Å². The average Bonchev–Trinajstić information content (AvgIpc) is 2.00. The number of nitrogens with one attached hydrogen (secondary N) is 1. The molecule has 0 aliphatic rings. The zero-order valence-corrected chi connectivity index (χ0v) is 8.85. The number of hydrogen-bond acceptors (Lipinski definition) is 1. The Balaban J connectivity index is 3.87. The van der Waals surface area contributed by atoms with E-state index < -0.39 is 0 Å². The maximum atomic E-state index is 7.77. The summed E-state index contributed by atoms with van der Waals surface area (Å²) in [6.07, 6.45) is 1.99. The van der Waals surface area contributed by atoms with Crippen LogP contribution in [0.3, 0.4) is 0 Å². The van der Waals surface area contributed by atoms with E-state index in [2.05, 4.69) is 32.6 Å². The molecule has 0 heterocycles. The van der Waals surface area contributed by atoms with Gasteiger partial charge in [-0.15, -0.1) is 0 Å². The fraction of sp³-hybridized carbons (Fsp3) is 0.900. The van der Waals surface area contributed by atoms with Crippen molar-refractivity contribution in [3.05, 3.63) is 0 Å². The van der Waals surface area contributed by atoms with Crippen molar-refractivity contribution in [1.82, 2.24) is 4.90 Å². The Morgan fingerprint density at radius 1 is 1.33 bits per heavy atom. The third-order valence-corrected chi connectivity index (χ3v) is 1.84. The molecule has 0 aliphatic carbocycles. The SMILES string of the molecule is CCCC(=N)N(CC)CC(C)C. The van der Waals surface area contributed by atoms with Crippen molar-refractivity contribution < 1.29 is 0 Å². The second kappa shape index (κ2) is 6.04. The van der Waals surface area contributed by atoms with Crippen LogP contribution in [0.15, 0.2) is 0 Å². The monoisotopic (exact) mass is 170 g/mol. The average molecular weight is 170 g/mol. The molecule has 0 saturated carbocycles. The summed E-state index contributed by atoms with van der Waals surface area (Å²) in [5.74, 6) is 1.45. The van der Waals surface area contributed by atoms with E-state index in [1.807, 2.05) is 0 Å². The van der Waals surface area contributed by atoms with E-state index in [4.69, 9.17) is 5.41 Å². The first-order chi connectivity index (χ1) is 5.61. The molecule has 0 spiro atoms. The van der Waals surface area contributed by atoms with E-state index in [1.165, 1.54) is 0 Å². The fourth-order valence-electron chi connectivity index (χ4n) is 1.27. The molecule has 1 N–H and O–H groups in total. The van der Waals surface area contributed by atoms with Crippen LogP contribution < -0.4 is 0 Å². The number of hydrogen-bond donors (Lipinski definition) is 1. The van der Waals surface area contributed by atoms with Gasteiger partial charge in [0, 0.05) is 19.5 Å². The molecule has 72 valence electrons. The minimum Gasteiger partial charge on any atom is -0.361 e. The highest BCUT2D eigenvalue weighted by Crippen LogP contribution is 2.02. The van der Waals surface area contributed by atoms with Gasteiger partial charge in [0.15, 0.2) is 0 Å². The van der Waals surface area contributed by atoms with Crippen molar-refractivity contribution >= 4 is 5.84 Å². The van der Waals surface area contributed by atoms with Gasteiger partial charge in [-0.05, 0) is 19.3 Å². The maximum Gasteiger partial charge on any atom is 0.0957 e. The minimum atomic E-state index is 0.655. The van der Waals surface area contributed by atoms with Gasteiger partial charge in [0.05, 0.1) is 5.84 Å². The molecule has 0 atom stereocenters. The van der Waals surface area contributed by atoms with Crippen LogP contribution in [0.4, 0.5) is 0 Å². The van der Waals surface area contributed by atoms with Crippen LogP contribution in [0.2, 0.25) is 0 Å². The molecule has 12 heavy (non-hydrogen) atoms. The summed E-state index contributed by atoms with van der Waals surface area (Å²) in [6, 6.07) is 0. The summed E-state index contributed by atoms with van der Waals surface area (Å²) in [5.41, 5.74) is 0. The largest absolute Gasteiger partial charge is 0.361 e. The van der Waals surface area contributed by atoms with Crippen molar-refractivity contribution in [2.24, 2.45) is 5.92 Å². The van der Waals surface area contributed by atoms with Gasteiger partial charge in [0.2, 0.25) is 0 Å². The molecule has 0 unspecified atom stereocenters. The number of amidine groups is 1. The van der Waals surface area contributed by atoms with E-state index in [0.717, 1.165) is 31.8 Å². The molecule has 2 nitrogen and oxygen atoms in total. The van der Waals surface area contributed by atoms with Gasteiger partial charge >= 0.3 is 0 Å². The zero-order valence-electron chi connectivity index (χ0n) is 8.85. The molecule has 2 heteroatoms. The van der Waals surface area contributed by atoms with Gasteiger partial charge in [0.25, 0.3) is 0 Å². The normalized spacial score (nSPS) is 10.4. The van der Waals surface area contributed by atoms with Crippen LogP contribution in [-0.4, -0.2) is 23.8 Å². The lowest BCUT2D eigenvalue weighted by Crippen LogP contribution is -2.33. The molecule has 0 aliphatic heterocycles. The first-order valence-electron chi connectivity index (χ1n) is 4.94. The predicted octanol–water partition coefficient (Wildman–Crippen LogP) is 2.74. The molecule has 0 rings (SSSR count). The first-order valence-corrected chi connectivity index (χ1v) is 4.94. The van der Waals surface area contributed by atoms with Crippen molar-refractivity contribution in [1.29, 1.82) is 5.41 Å². The highest BCUT2D eigenvalue weighted by Gasteiger charge is 2.07. The number of nitrogens with zero attached hydrogens (tertiary/aromatic N) is 1. The van der Waals surface area contributed by atoms with E-state index >= 15 is 0 Å². The van der Waals surface area contributed by atoms with Crippen LogP contribution in [0.25, 0.3) is 0 Å². The Kier molecular flexibility index (Phi) is 5.77. The lowest BCUT2D eigenvalue weighted by Gasteiger charge is -2.25. The molecular weight excluding hydrogens is 148 g/mol. The fourth-order valence-corrected chi connectivity index (χ4v) is 1.27. The molecule has 0 bridgehead atoms. The van der Waals surface area contributed by atoms with Crippen LogP contribution >= 0.6 is 0 Å². The Bertz CT molecular complexity index is 130. The molecule has 0 aromatic carbocycles. The van der Waals surface area contributed by atoms with Crippen LogP contribution in [-0.2, 0) is 0 Å². The van der Waals surface area contributed by atoms with Gasteiger partial charge in [-0.3, -0.25) is 5.41 Å². The highest BCUT2D eigenvalue weighted by atomic mass is 15.2. The molecule has 0 radical (unpaired) electrons. The lowest BCUT2D eigenvalue weighted by molar-refractivity contribution is 0.372. The predicted molar refractivity (Wildman–Crippen MR) is 54.7 cm³/mol. The van der Waals surface area contributed by atoms with Gasteiger partial charge in [-0.2, -0.15) is 0 Å². The second-order valence-electron chi connectivity index (χ2n) is 3.63. The first kappa shape index (κ1) is 11.5. The summed E-state index contributed by atoms with van der Waals surface area (Å²) >= 11 is 0. The Hall–Kier alpha value is -0.530. The lowest BCUT2D eigenvalue weighted by atomic mass is 10.2. The van der Waals surface area contributed by atoms with E-state index in [1.54, 1.807) is 0 Å². The molecule has 0 fully saturated rings. The summed E-state index contributed by atoms with van der Waals surface area (Å²) in [4.78, 5) is 2.16. The molecular formula is C10H22N2. The molecule has 0 aromatic heterocycles. The number of rotatable bonds is 5. The van der Waals surface area contributed by atoms with E-state index in [0.29, 0.717) is 5.92 Å². The van der Waals surface area contributed by atoms with Crippen molar-refractivity contribution in [2.75, 3.05) is 13.1 Å². The standard InChI is InChI=1S/C10H22N2/c1-5-7-10(11)12(6-2)8-9(3)4/h9,11H,5-8H2,1-4H3. The molecule has 0 saturated heterocycles. The Morgan fingerprint density at radius 3 is 2.25 bits per heavy atom. The van der Waals surface area contributed by atoms with E-state index in [-0.39, 0.29) is 0 Å². The molecule has 0 amide bonds. The summed E-state index contributed by atoms with van der Waals surface area (Å²) < 4.78 is 0. The Labute approximate surface area is 76.5 Å². The maximum absolute atomic E-state index is 7.77. The van der Waals surface area contributed by atoms with Gasteiger partial charge < -0.3 is 4.90 Å².